The topological polar surface area (TPSA) is 55.6 Å². The minimum absolute atomic E-state index is 0.0248. The maximum Gasteiger partial charge on any atom is 0.239 e. The fourth-order valence-electron chi connectivity index (χ4n) is 2.75. The van der Waals surface area contributed by atoms with Crippen molar-refractivity contribution in [2.45, 2.75) is 37.8 Å². The average Bonchev–Trinajstić information content (AvgIpc) is 2.47. The van der Waals surface area contributed by atoms with Gasteiger partial charge in [0.25, 0.3) is 0 Å². The first-order chi connectivity index (χ1) is 9.54. The standard InChI is InChI=1S/C16H24N2O2/c1-16(20-2)9-6-10-18(12-16)15(19)14(17)11-13-7-4-3-5-8-13/h3-5,7-8,14H,6,9-12,17H2,1-2H3/t14-,16?/m1/s1. The van der Waals surface area contributed by atoms with Gasteiger partial charge in [-0.2, -0.15) is 0 Å². The molecule has 4 nitrogen and oxygen atoms in total. The van der Waals surface area contributed by atoms with Crippen LogP contribution in [-0.2, 0) is 16.0 Å². The maximum atomic E-state index is 12.5. The molecule has 0 radical (unpaired) electrons. The predicted molar refractivity (Wildman–Crippen MR) is 79.3 cm³/mol. The van der Waals surface area contributed by atoms with E-state index in [0.29, 0.717) is 13.0 Å². The zero-order valence-corrected chi connectivity index (χ0v) is 12.3. The van der Waals surface area contributed by atoms with Crippen LogP contribution in [0.4, 0.5) is 0 Å². The van der Waals surface area contributed by atoms with Crippen molar-refractivity contribution in [1.29, 1.82) is 0 Å². The number of carbonyl (C=O) groups is 1. The molecule has 0 spiro atoms. The molecule has 1 aromatic carbocycles. The largest absolute Gasteiger partial charge is 0.377 e. The van der Waals surface area contributed by atoms with E-state index in [1.165, 1.54) is 0 Å². The van der Waals surface area contributed by atoms with Gasteiger partial charge >= 0.3 is 0 Å². The highest BCUT2D eigenvalue weighted by molar-refractivity contribution is 5.82. The van der Waals surface area contributed by atoms with Gasteiger partial charge in [0.05, 0.1) is 11.6 Å². The molecule has 1 amide bonds. The number of nitrogens with two attached hydrogens (primary N) is 1. The van der Waals surface area contributed by atoms with Crippen LogP contribution in [-0.4, -0.2) is 42.6 Å². The Bertz CT molecular complexity index is 449. The molecule has 1 aliphatic rings. The van der Waals surface area contributed by atoms with Crippen molar-refractivity contribution in [3.05, 3.63) is 35.9 Å². The zero-order chi connectivity index (χ0) is 14.6. The lowest BCUT2D eigenvalue weighted by Crippen LogP contribution is -2.54. The molecule has 1 heterocycles. The summed E-state index contributed by atoms with van der Waals surface area (Å²) in [5.41, 5.74) is 6.94. The van der Waals surface area contributed by atoms with Gasteiger partial charge in [-0.25, -0.2) is 0 Å². The van der Waals surface area contributed by atoms with E-state index in [4.69, 9.17) is 10.5 Å². The molecule has 1 aromatic rings. The highest BCUT2D eigenvalue weighted by Crippen LogP contribution is 2.24. The molecule has 20 heavy (non-hydrogen) atoms. The Labute approximate surface area is 120 Å². The number of hydrogen-bond donors (Lipinski definition) is 1. The van der Waals surface area contributed by atoms with Crippen LogP contribution in [0.1, 0.15) is 25.3 Å². The molecular weight excluding hydrogens is 252 g/mol. The second-order valence-corrected chi connectivity index (χ2v) is 5.81. The number of piperidine rings is 1. The quantitative estimate of drug-likeness (QED) is 0.908. The first-order valence-electron chi connectivity index (χ1n) is 7.17. The summed E-state index contributed by atoms with van der Waals surface area (Å²) in [6.45, 7) is 3.46. The van der Waals surface area contributed by atoms with Crippen molar-refractivity contribution < 1.29 is 9.53 Å². The molecule has 4 heteroatoms. The van der Waals surface area contributed by atoms with Crippen molar-refractivity contribution in [2.75, 3.05) is 20.2 Å². The van der Waals surface area contributed by atoms with Gasteiger partial charge in [0, 0.05) is 20.2 Å². The summed E-state index contributed by atoms with van der Waals surface area (Å²) in [4.78, 5) is 14.3. The number of benzene rings is 1. The summed E-state index contributed by atoms with van der Waals surface area (Å²) in [6.07, 6.45) is 2.54. The first kappa shape index (κ1) is 15.0. The molecule has 110 valence electrons. The Morgan fingerprint density at radius 2 is 2.15 bits per heavy atom. The monoisotopic (exact) mass is 276 g/mol. The lowest BCUT2D eigenvalue weighted by Gasteiger charge is -2.40. The van der Waals surface area contributed by atoms with Crippen LogP contribution in [0.2, 0.25) is 0 Å². The lowest BCUT2D eigenvalue weighted by molar-refractivity contribution is -0.140. The highest BCUT2D eigenvalue weighted by atomic mass is 16.5. The average molecular weight is 276 g/mol. The van der Waals surface area contributed by atoms with Gasteiger partial charge in [-0.05, 0) is 31.7 Å². The Morgan fingerprint density at radius 1 is 1.45 bits per heavy atom. The first-order valence-corrected chi connectivity index (χ1v) is 7.17. The SMILES string of the molecule is COC1(C)CCCN(C(=O)[C@H](N)Cc2ccccc2)C1. The molecule has 1 fully saturated rings. The second-order valence-electron chi connectivity index (χ2n) is 5.81. The smallest absolute Gasteiger partial charge is 0.239 e. The Morgan fingerprint density at radius 3 is 2.80 bits per heavy atom. The fourth-order valence-corrected chi connectivity index (χ4v) is 2.75. The van der Waals surface area contributed by atoms with Crippen molar-refractivity contribution in [1.82, 2.24) is 4.90 Å². The lowest BCUT2D eigenvalue weighted by atomic mass is 9.94. The molecule has 1 unspecified atom stereocenters. The zero-order valence-electron chi connectivity index (χ0n) is 12.3. The number of likely N-dealkylation sites (tertiary alicyclic amines) is 1. The molecular formula is C16H24N2O2. The molecule has 2 N–H and O–H groups in total. The molecule has 0 bridgehead atoms. The number of methoxy groups -OCH3 is 1. The molecule has 0 aromatic heterocycles. The van der Waals surface area contributed by atoms with Crippen molar-refractivity contribution in [3.8, 4) is 0 Å². The van der Waals surface area contributed by atoms with Crippen molar-refractivity contribution in [3.63, 3.8) is 0 Å². The molecule has 2 atom stereocenters. The highest BCUT2D eigenvalue weighted by Gasteiger charge is 2.34. The van der Waals surface area contributed by atoms with Crippen molar-refractivity contribution >= 4 is 5.91 Å². The van der Waals surface area contributed by atoms with E-state index in [-0.39, 0.29) is 11.5 Å². The Kier molecular flexibility index (Phi) is 4.78. The molecule has 0 aliphatic carbocycles. The van der Waals surface area contributed by atoms with Crippen molar-refractivity contribution in [2.24, 2.45) is 5.73 Å². The Balaban J connectivity index is 1.96. The number of ether oxygens (including phenoxy) is 1. The van der Waals surface area contributed by atoms with E-state index >= 15 is 0 Å². The van der Waals surface area contributed by atoms with E-state index in [0.717, 1.165) is 24.9 Å². The number of hydrogen-bond acceptors (Lipinski definition) is 3. The van der Waals surface area contributed by atoms with Gasteiger partial charge in [0.15, 0.2) is 0 Å². The summed E-state index contributed by atoms with van der Waals surface area (Å²) in [7, 11) is 1.71. The van der Waals surface area contributed by atoms with Crippen LogP contribution in [0.25, 0.3) is 0 Å². The van der Waals surface area contributed by atoms with Crippen LogP contribution in [0.5, 0.6) is 0 Å². The van der Waals surface area contributed by atoms with Crippen LogP contribution in [0.15, 0.2) is 30.3 Å². The van der Waals surface area contributed by atoms with Gasteiger partial charge in [-0.3, -0.25) is 4.79 Å². The van der Waals surface area contributed by atoms with E-state index in [1.807, 2.05) is 35.2 Å². The normalized spacial score (nSPS) is 24.4. The third-order valence-corrected chi connectivity index (χ3v) is 4.08. The summed E-state index contributed by atoms with van der Waals surface area (Å²) in [5, 5.41) is 0. The summed E-state index contributed by atoms with van der Waals surface area (Å²) in [6, 6.07) is 9.43. The van der Waals surface area contributed by atoms with Crippen LogP contribution >= 0.6 is 0 Å². The molecule has 2 rings (SSSR count). The predicted octanol–water partition coefficient (Wildman–Crippen LogP) is 1.58. The number of carbonyl (C=O) groups excluding carboxylic acids is 1. The molecule has 1 saturated heterocycles. The molecule has 0 saturated carbocycles. The van der Waals surface area contributed by atoms with Crippen LogP contribution < -0.4 is 5.73 Å². The number of nitrogens with zero attached hydrogens (tertiary/aromatic N) is 1. The van der Waals surface area contributed by atoms with Crippen LogP contribution in [0.3, 0.4) is 0 Å². The number of rotatable bonds is 4. The summed E-state index contributed by atoms with van der Waals surface area (Å²) >= 11 is 0. The number of amides is 1. The minimum Gasteiger partial charge on any atom is -0.377 e. The van der Waals surface area contributed by atoms with Gasteiger partial charge in [-0.1, -0.05) is 30.3 Å². The Hall–Kier alpha value is -1.39. The van der Waals surface area contributed by atoms with Gasteiger partial charge in [0.1, 0.15) is 0 Å². The third-order valence-electron chi connectivity index (χ3n) is 4.08. The van der Waals surface area contributed by atoms with E-state index < -0.39 is 6.04 Å². The van der Waals surface area contributed by atoms with Gasteiger partial charge in [-0.15, -0.1) is 0 Å². The summed E-state index contributed by atoms with van der Waals surface area (Å²) in [5.74, 6) is 0.0248. The summed E-state index contributed by atoms with van der Waals surface area (Å²) < 4.78 is 5.52. The van der Waals surface area contributed by atoms with E-state index in [9.17, 15) is 4.79 Å². The third kappa shape index (κ3) is 3.58. The van der Waals surface area contributed by atoms with E-state index in [2.05, 4.69) is 6.92 Å². The minimum atomic E-state index is -0.475. The van der Waals surface area contributed by atoms with Gasteiger partial charge < -0.3 is 15.4 Å². The molecule has 1 aliphatic heterocycles. The van der Waals surface area contributed by atoms with Crippen LogP contribution in [0, 0.1) is 0 Å². The maximum absolute atomic E-state index is 12.5. The van der Waals surface area contributed by atoms with E-state index in [1.54, 1.807) is 7.11 Å². The fraction of sp³-hybridized carbons (Fsp3) is 0.562. The second kappa shape index (κ2) is 6.37. The van der Waals surface area contributed by atoms with Gasteiger partial charge in [0.2, 0.25) is 5.91 Å².